The Morgan fingerprint density at radius 2 is 1.86 bits per heavy atom. The number of nitrogens with zero attached hydrogens (tertiary/aromatic N) is 1. The lowest BCUT2D eigenvalue weighted by atomic mass is 9.97. The van der Waals surface area contributed by atoms with Crippen LogP contribution in [0, 0.1) is 11.8 Å². The Bertz CT molecular complexity index is 486. The van der Waals surface area contributed by atoms with E-state index in [2.05, 4.69) is 56.6 Å². The molecule has 0 spiro atoms. The molecule has 0 aromatic heterocycles. The SMILES string of the molecule is CSc1ccc(C2NC(C)C(=O)N2CC(C)C(C)C)cc1. The van der Waals surface area contributed by atoms with E-state index in [1.165, 1.54) is 10.5 Å². The van der Waals surface area contributed by atoms with Gasteiger partial charge in [-0.15, -0.1) is 11.8 Å². The van der Waals surface area contributed by atoms with Crippen LogP contribution in [0.25, 0.3) is 0 Å². The first-order valence-electron chi connectivity index (χ1n) is 7.64. The number of hydrogen-bond acceptors (Lipinski definition) is 3. The third kappa shape index (κ3) is 3.61. The summed E-state index contributed by atoms with van der Waals surface area (Å²) in [5.41, 5.74) is 1.17. The van der Waals surface area contributed by atoms with Crippen molar-refractivity contribution < 1.29 is 4.79 Å². The van der Waals surface area contributed by atoms with E-state index in [9.17, 15) is 4.79 Å². The first-order valence-corrected chi connectivity index (χ1v) is 8.87. The largest absolute Gasteiger partial charge is 0.321 e. The molecule has 1 aliphatic rings. The summed E-state index contributed by atoms with van der Waals surface area (Å²) in [4.78, 5) is 15.7. The van der Waals surface area contributed by atoms with Gasteiger partial charge < -0.3 is 4.90 Å². The highest BCUT2D eigenvalue weighted by Gasteiger charge is 2.37. The number of thioether (sulfide) groups is 1. The predicted molar refractivity (Wildman–Crippen MR) is 89.3 cm³/mol. The highest BCUT2D eigenvalue weighted by molar-refractivity contribution is 7.98. The number of benzene rings is 1. The van der Waals surface area contributed by atoms with Gasteiger partial charge >= 0.3 is 0 Å². The van der Waals surface area contributed by atoms with Crippen LogP contribution in [0.1, 0.15) is 39.4 Å². The number of amides is 1. The number of rotatable bonds is 5. The summed E-state index contributed by atoms with van der Waals surface area (Å²) < 4.78 is 0. The molecule has 3 atom stereocenters. The Balaban J connectivity index is 2.20. The van der Waals surface area contributed by atoms with E-state index in [1.807, 2.05) is 11.8 Å². The van der Waals surface area contributed by atoms with E-state index in [4.69, 9.17) is 0 Å². The van der Waals surface area contributed by atoms with Crippen molar-refractivity contribution in [1.29, 1.82) is 0 Å². The van der Waals surface area contributed by atoms with E-state index in [0.29, 0.717) is 11.8 Å². The molecule has 4 heteroatoms. The molecule has 1 aromatic carbocycles. The number of hydrogen-bond donors (Lipinski definition) is 1. The smallest absolute Gasteiger partial charge is 0.241 e. The van der Waals surface area contributed by atoms with Crippen molar-refractivity contribution in [3.8, 4) is 0 Å². The van der Waals surface area contributed by atoms with E-state index in [0.717, 1.165) is 6.54 Å². The Labute approximate surface area is 132 Å². The zero-order chi connectivity index (χ0) is 15.6. The topological polar surface area (TPSA) is 32.3 Å². The molecular formula is C17H26N2OS. The summed E-state index contributed by atoms with van der Waals surface area (Å²) in [6.45, 7) is 9.40. The molecule has 1 aromatic rings. The van der Waals surface area contributed by atoms with Gasteiger partial charge in [0, 0.05) is 11.4 Å². The van der Waals surface area contributed by atoms with Crippen LogP contribution in [-0.4, -0.2) is 29.6 Å². The fourth-order valence-electron chi connectivity index (χ4n) is 2.55. The molecule has 0 aliphatic carbocycles. The van der Waals surface area contributed by atoms with Crippen molar-refractivity contribution in [3.63, 3.8) is 0 Å². The average molecular weight is 306 g/mol. The van der Waals surface area contributed by atoms with Gasteiger partial charge in [-0.2, -0.15) is 0 Å². The van der Waals surface area contributed by atoms with Crippen molar-refractivity contribution in [2.75, 3.05) is 12.8 Å². The number of carbonyl (C=O) groups excluding carboxylic acids is 1. The van der Waals surface area contributed by atoms with Crippen LogP contribution in [0.4, 0.5) is 0 Å². The summed E-state index contributed by atoms with van der Waals surface area (Å²) in [6.07, 6.45) is 2.08. The van der Waals surface area contributed by atoms with Gasteiger partial charge in [0.25, 0.3) is 0 Å². The van der Waals surface area contributed by atoms with Crippen LogP contribution in [0.15, 0.2) is 29.2 Å². The van der Waals surface area contributed by atoms with E-state index < -0.39 is 0 Å². The first-order chi connectivity index (χ1) is 9.93. The molecule has 0 bridgehead atoms. The number of carbonyl (C=O) groups is 1. The Hall–Kier alpha value is -1.00. The second-order valence-electron chi connectivity index (χ2n) is 6.28. The van der Waals surface area contributed by atoms with Crippen LogP contribution in [0.5, 0.6) is 0 Å². The fraction of sp³-hybridized carbons (Fsp3) is 0.588. The van der Waals surface area contributed by atoms with Crippen molar-refractivity contribution >= 4 is 17.7 Å². The van der Waals surface area contributed by atoms with Crippen molar-refractivity contribution in [2.45, 2.75) is 44.8 Å². The molecule has 0 radical (unpaired) electrons. The summed E-state index contributed by atoms with van der Waals surface area (Å²) >= 11 is 1.74. The standard InChI is InChI=1S/C17H26N2OS/c1-11(2)12(3)10-19-16(18-13(4)17(19)20)14-6-8-15(21-5)9-7-14/h6-9,11-13,16,18H,10H2,1-5H3. The monoisotopic (exact) mass is 306 g/mol. The van der Waals surface area contributed by atoms with Crippen LogP contribution in [0.2, 0.25) is 0 Å². The van der Waals surface area contributed by atoms with Crippen LogP contribution in [-0.2, 0) is 4.79 Å². The van der Waals surface area contributed by atoms with Gasteiger partial charge in [0.05, 0.1) is 6.04 Å². The van der Waals surface area contributed by atoms with Crippen LogP contribution < -0.4 is 5.32 Å². The van der Waals surface area contributed by atoms with Gasteiger partial charge in [-0.05, 0) is 42.7 Å². The third-order valence-corrected chi connectivity index (χ3v) is 5.17. The van der Waals surface area contributed by atoms with Crippen molar-refractivity contribution in [1.82, 2.24) is 10.2 Å². The Kier molecular flexibility index (Phi) is 5.33. The lowest BCUT2D eigenvalue weighted by Gasteiger charge is -2.29. The van der Waals surface area contributed by atoms with E-state index >= 15 is 0 Å². The normalized spacial score (nSPS) is 23.9. The molecule has 0 saturated carbocycles. The minimum absolute atomic E-state index is 0.00426. The average Bonchev–Trinajstić information content (AvgIpc) is 2.75. The molecule has 1 fully saturated rings. The zero-order valence-electron chi connectivity index (χ0n) is 13.6. The quantitative estimate of drug-likeness (QED) is 0.845. The van der Waals surface area contributed by atoms with Gasteiger partial charge in [0.15, 0.2) is 0 Å². The van der Waals surface area contributed by atoms with Crippen LogP contribution in [0.3, 0.4) is 0 Å². The van der Waals surface area contributed by atoms with E-state index in [-0.39, 0.29) is 18.1 Å². The van der Waals surface area contributed by atoms with Gasteiger partial charge in [-0.1, -0.05) is 32.9 Å². The minimum atomic E-state index is -0.102. The molecular weight excluding hydrogens is 280 g/mol. The highest BCUT2D eigenvalue weighted by Crippen LogP contribution is 2.28. The molecule has 1 aliphatic heterocycles. The molecule has 3 unspecified atom stereocenters. The third-order valence-electron chi connectivity index (χ3n) is 4.43. The summed E-state index contributed by atoms with van der Waals surface area (Å²) in [7, 11) is 0. The van der Waals surface area contributed by atoms with Crippen molar-refractivity contribution in [2.24, 2.45) is 11.8 Å². The summed E-state index contributed by atoms with van der Waals surface area (Å²) in [5, 5.41) is 3.42. The molecule has 3 nitrogen and oxygen atoms in total. The van der Waals surface area contributed by atoms with Gasteiger partial charge in [-0.3, -0.25) is 10.1 Å². The maximum atomic E-state index is 12.4. The lowest BCUT2D eigenvalue weighted by Crippen LogP contribution is -2.35. The van der Waals surface area contributed by atoms with Gasteiger partial charge in [-0.25, -0.2) is 0 Å². The van der Waals surface area contributed by atoms with Gasteiger partial charge in [0.2, 0.25) is 5.91 Å². The molecule has 1 heterocycles. The fourth-order valence-corrected chi connectivity index (χ4v) is 2.96. The zero-order valence-corrected chi connectivity index (χ0v) is 14.4. The Morgan fingerprint density at radius 1 is 1.24 bits per heavy atom. The molecule has 2 rings (SSSR count). The van der Waals surface area contributed by atoms with Crippen molar-refractivity contribution in [3.05, 3.63) is 29.8 Å². The second kappa shape index (κ2) is 6.84. The number of nitrogens with one attached hydrogen (secondary N) is 1. The highest BCUT2D eigenvalue weighted by atomic mass is 32.2. The van der Waals surface area contributed by atoms with Gasteiger partial charge in [0.1, 0.15) is 6.17 Å². The molecule has 1 N–H and O–H groups in total. The predicted octanol–water partition coefficient (Wildman–Crippen LogP) is 3.52. The summed E-state index contributed by atoms with van der Waals surface area (Å²) in [5.74, 6) is 1.28. The first kappa shape index (κ1) is 16.4. The maximum absolute atomic E-state index is 12.4. The molecule has 21 heavy (non-hydrogen) atoms. The molecule has 116 valence electrons. The lowest BCUT2D eigenvalue weighted by molar-refractivity contribution is -0.130. The van der Waals surface area contributed by atoms with E-state index in [1.54, 1.807) is 11.8 Å². The van der Waals surface area contributed by atoms with Crippen LogP contribution >= 0.6 is 11.8 Å². The summed E-state index contributed by atoms with van der Waals surface area (Å²) in [6, 6.07) is 8.40. The molecule has 1 saturated heterocycles. The molecule has 1 amide bonds. The maximum Gasteiger partial charge on any atom is 0.241 e. The Morgan fingerprint density at radius 3 is 2.38 bits per heavy atom. The second-order valence-corrected chi connectivity index (χ2v) is 7.16. The minimum Gasteiger partial charge on any atom is -0.321 e.